The van der Waals surface area contributed by atoms with Gasteiger partial charge in [0.2, 0.25) is 0 Å². The highest BCUT2D eigenvalue weighted by Crippen LogP contribution is 2.29. The fourth-order valence-corrected chi connectivity index (χ4v) is 3.52. The number of para-hydroxylation sites is 2. The Morgan fingerprint density at radius 2 is 1.90 bits per heavy atom. The molecule has 0 saturated heterocycles. The minimum atomic E-state index is -0.795. The molecule has 2 amide bonds. The van der Waals surface area contributed by atoms with E-state index in [1.807, 2.05) is 56.3 Å². The van der Waals surface area contributed by atoms with E-state index in [1.54, 1.807) is 23.9 Å². The number of amides is 2. The first-order valence-electron chi connectivity index (χ1n) is 9.83. The molecule has 1 aromatic heterocycles. The Kier molecular flexibility index (Phi) is 5.27. The second-order valence-corrected chi connectivity index (χ2v) is 7.46. The lowest BCUT2D eigenvalue weighted by Crippen LogP contribution is -2.49. The summed E-state index contributed by atoms with van der Waals surface area (Å²) in [5.41, 5.74) is 4.14. The molecule has 7 heteroatoms. The van der Waals surface area contributed by atoms with Crippen LogP contribution in [0.4, 0.5) is 5.69 Å². The van der Waals surface area contributed by atoms with E-state index in [0.29, 0.717) is 18.0 Å². The highest BCUT2D eigenvalue weighted by Gasteiger charge is 2.31. The zero-order valence-corrected chi connectivity index (χ0v) is 17.3. The van der Waals surface area contributed by atoms with Gasteiger partial charge in [0, 0.05) is 12.7 Å². The third-order valence-electron chi connectivity index (χ3n) is 5.36. The summed E-state index contributed by atoms with van der Waals surface area (Å²) in [7, 11) is 1.68. The molecule has 2 heterocycles. The third kappa shape index (κ3) is 3.78. The van der Waals surface area contributed by atoms with Crippen molar-refractivity contribution in [3.8, 4) is 5.75 Å². The van der Waals surface area contributed by atoms with Crippen molar-refractivity contribution in [2.45, 2.75) is 26.4 Å². The summed E-state index contributed by atoms with van der Waals surface area (Å²) in [6.07, 6.45) is 0. The molecule has 2 aromatic carbocycles. The number of aryl methyl sites for hydroxylation is 2. The highest BCUT2D eigenvalue weighted by molar-refractivity contribution is 6.02. The second kappa shape index (κ2) is 8.02. The van der Waals surface area contributed by atoms with Crippen LogP contribution in [0, 0.1) is 13.8 Å². The van der Waals surface area contributed by atoms with Crippen LogP contribution in [0.2, 0.25) is 0 Å². The van der Waals surface area contributed by atoms with Gasteiger partial charge < -0.3 is 15.0 Å². The summed E-state index contributed by atoms with van der Waals surface area (Å²) >= 11 is 0. The van der Waals surface area contributed by atoms with Gasteiger partial charge in [0.05, 0.1) is 12.2 Å². The van der Waals surface area contributed by atoms with Crippen LogP contribution >= 0.6 is 0 Å². The van der Waals surface area contributed by atoms with Crippen LogP contribution in [0.1, 0.15) is 27.3 Å². The SMILES string of the molecule is Cc1ccccc1Cn1nc(C(=O)N[C@H]2COc3ccccc3N(C)C2=O)cc1C. The van der Waals surface area contributed by atoms with Crippen molar-refractivity contribution >= 4 is 17.5 Å². The minimum absolute atomic E-state index is 0.0643. The molecule has 3 aromatic rings. The summed E-state index contributed by atoms with van der Waals surface area (Å²) in [4.78, 5) is 27.2. The molecule has 0 saturated carbocycles. The number of nitrogens with zero attached hydrogens (tertiary/aromatic N) is 3. The molecule has 4 rings (SSSR count). The van der Waals surface area contributed by atoms with E-state index in [9.17, 15) is 9.59 Å². The molecule has 0 fully saturated rings. The normalized spacial score (nSPS) is 15.9. The number of carbonyl (C=O) groups is 2. The molecule has 0 spiro atoms. The van der Waals surface area contributed by atoms with E-state index >= 15 is 0 Å². The lowest BCUT2D eigenvalue weighted by molar-refractivity contribution is -0.120. The van der Waals surface area contributed by atoms with Crippen molar-refractivity contribution in [3.63, 3.8) is 0 Å². The molecular weight excluding hydrogens is 380 g/mol. The van der Waals surface area contributed by atoms with Gasteiger partial charge in [0.1, 0.15) is 24.1 Å². The summed E-state index contributed by atoms with van der Waals surface area (Å²) in [6.45, 7) is 4.60. The number of carbonyl (C=O) groups excluding carboxylic acids is 2. The van der Waals surface area contributed by atoms with Crippen LogP contribution in [-0.4, -0.2) is 41.3 Å². The first-order chi connectivity index (χ1) is 14.4. The van der Waals surface area contributed by atoms with Gasteiger partial charge in [-0.1, -0.05) is 36.4 Å². The molecule has 154 valence electrons. The third-order valence-corrected chi connectivity index (χ3v) is 5.36. The number of anilines is 1. The average Bonchev–Trinajstić information content (AvgIpc) is 3.07. The zero-order valence-electron chi connectivity index (χ0n) is 17.3. The Labute approximate surface area is 175 Å². The summed E-state index contributed by atoms with van der Waals surface area (Å²) in [5.74, 6) is -0.0178. The highest BCUT2D eigenvalue weighted by atomic mass is 16.5. The van der Waals surface area contributed by atoms with Gasteiger partial charge in [-0.2, -0.15) is 5.10 Å². The van der Waals surface area contributed by atoms with Gasteiger partial charge in [0.25, 0.3) is 11.8 Å². The van der Waals surface area contributed by atoms with Gasteiger partial charge >= 0.3 is 0 Å². The number of ether oxygens (including phenoxy) is 1. The number of likely N-dealkylation sites (N-methyl/N-ethyl adjacent to an activating group) is 1. The van der Waals surface area contributed by atoms with Crippen molar-refractivity contribution in [2.24, 2.45) is 0 Å². The number of hydrogen-bond donors (Lipinski definition) is 1. The lowest BCUT2D eigenvalue weighted by atomic mass is 10.1. The second-order valence-electron chi connectivity index (χ2n) is 7.46. The molecule has 0 radical (unpaired) electrons. The van der Waals surface area contributed by atoms with Crippen molar-refractivity contribution in [1.82, 2.24) is 15.1 Å². The number of nitrogens with one attached hydrogen (secondary N) is 1. The Bertz CT molecular complexity index is 1110. The zero-order chi connectivity index (χ0) is 21.3. The molecule has 0 aliphatic carbocycles. The molecule has 1 atom stereocenters. The van der Waals surface area contributed by atoms with Crippen molar-refractivity contribution in [1.29, 1.82) is 0 Å². The molecule has 0 unspecified atom stereocenters. The van der Waals surface area contributed by atoms with Crippen LogP contribution < -0.4 is 15.0 Å². The van der Waals surface area contributed by atoms with E-state index in [1.165, 1.54) is 10.5 Å². The quantitative estimate of drug-likeness (QED) is 0.725. The fraction of sp³-hybridized carbons (Fsp3) is 0.261. The van der Waals surface area contributed by atoms with Crippen LogP contribution in [0.5, 0.6) is 5.75 Å². The average molecular weight is 404 g/mol. The van der Waals surface area contributed by atoms with Gasteiger partial charge in [-0.05, 0) is 43.2 Å². The van der Waals surface area contributed by atoms with Gasteiger partial charge in [-0.3, -0.25) is 14.3 Å². The largest absolute Gasteiger partial charge is 0.489 e. The molecule has 1 aliphatic heterocycles. The molecule has 7 nitrogen and oxygen atoms in total. The maximum absolute atomic E-state index is 12.8. The van der Waals surface area contributed by atoms with E-state index in [0.717, 1.165) is 11.3 Å². The first-order valence-corrected chi connectivity index (χ1v) is 9.83. The van der Waals surface area contributed by atoms with Crippen molar-refractivity contribution in [3.05, 3.63) is 77.1 Å². The summed E-state index contributed by atoms with van der Waals surface area (Å²) in [6, 6.07) is 16.3. The molecule has 1 N–H and O–H groups in total. The van der Waals surface area contributed by atoms with E-state index in [4.69, 9.17) is 4.74 Å². The number of rotatable bonds is 4. The van der Waals surface area contributed by atoms with Crippen LogP contribution in [0.3, 0.4) is 0 Å². The van der Waals surface area contributed by atoms with E-state index < -0.39 is 11.9 Å². The van der Waals surface area contributed by atoms with Crippen LogP contribution in [0.15, 0.2) is 54.6 Å². The summed E-state index contributed by atoms with van der Waals surface area (Å²) < 4.78 is 7.55. The topological polar surface area (TPSA) is 76.5 Å². The smallest absolute Gasteiger partial charge is 0.272 e. The standard InChI is InChI=1S/C23H24N4O3/c1-15-8-4-5-9-17(15)13-27-16(2)12-18(25-27)22(28)24-19-14-30-21-11-7-6-10-20(21)26(3)23(19)29/h4-12,19H,13-14H2,1-3H3,(H,24,28)/t19-/m0/s1. The van der Waals surface area contributed by atoms with E-state index in [-0.39, 0.29) is 18.2 Å². The lowest BCUT2D eigenvalue weighted by Gasteiger charge is -2.20. The summed E-state index contributed by atoms with van der Waals surface area (Å²) in [5, 5.41) is 7.23. The van der Waals surface area contributed by atoms with Crippen molar-refractivity contribution < 1.29 is 14.3 Å². The number of aromatic nitrogens is 2. The fourth-order valence-electron chi connectivity index (χ4n) is 3.52. The Morgan fingerprint density at radius 3 is 2.70 bits per heavy atom. The number of benzene rings is 2. The maximum atomic E-state index is 12.8. The Morgan fingerprint density at radius 1 is 1.17 bits per heavy atom. The number of hydrogen-bond acceptors (Lipinski definition) is 4. The van der Waals surface area contributed by atoms with E-state index in [2.05, 4.69) is 10.4 Å². The van der Waals surface area contributed by atoms with Crippen LogP contribution in [0.25, 0.3) is 0 Å². The van der Waals surface area contributed by atoms with Crippen LogP contribution in [-0.2, 0) is 11.3 Å². The Hall–Kier alpha value is -3.61. The van der Waals surface area contributed by atoms with Gasteiger partial charge in [0.15, 0.2) is 0 Å². The maximum Gasteiger partial charge on any atom is 0.272 e. The van der Waals surface area contributed by atoms with Crippen molar-refractivity contribution in [2.75, 3.05) is 18.6 Å². The molecule has 1 aliphatic rings. The molecule has 0 bridgehead atoms. The Balaban J connectivity index is 1.49. The number of fused-ring (bicyclic) bond motifs is 1. The minimum Gasteiger partial charge on any atom is -0.489 e. The first kappa shape index (κ1) is 19.7. The molecular formula is C23H24N4O3. The molecule has 30 heavy (non-hydrogen) atoms. The van der Waals surface area contributed by atoms with Gasteiger partial charge in [-0.25, -0.2) is 0 Å². The predicted molar refractivity (Wildman–Crippen MR) is 114 cm³/mol. The van der Waals surface area contributed by atoms with Gasteiger partial charge in [-0.15, -0.1) is 0 Å². The predicted octanol–water partition coefficient (Wildman–Crippen LogP) is 2.70. The monoisotopic (exact) mass is 404 g/mol.